The van der Waals surface area contributed by atoms with Crippen LogP contribution in [0, 0.1) is 11.7 Å². The lowest BCUT2D eigenvalue weighted by molar-refractivity contribution is 0.421. The molecule has 54 heavy (non-hydrogen) atoms. The summed E-state index contributed by atoms with van der Waals surface area (Å²) in [6.07, 6.45) is 16.6. The Morgan fingerprint density at radius 1 is 0.574 bits per heavy atom. The molecule has 5 heteroatoms. The highest BCUT2D eigenvalue weighted by atomic mass is 32.1. The minimum absolute atomic E-state index is 0.0267. The Morgan fingerprint density at radius 2 is 1.24 bits per heavy atom. The SMILES string of the molecule is CCCCCc1ccc2c(c1)-c1ccc(-c3ccc(-c4ccc(-c5ccc(CCC(CC)CCCC)cc5F)s4)c4nsnc34)cc1C2(CCC)CCC. The van der Waals surface area contributed by atoms with Crippen LogP contribution in [0.2, 0.25) is 0 Å². The summed E-state index contributed by atoms with van der Waals surface area (Å²) in [7, 11) is 0. The second kappa shape index (κ2) is 17.4. The largest absolute Gasteiger partial charge is 0.206 e. The summed E-state index contributed by atoms with van der Waals surface area (Å²) >= 11 is 2.91. The van der Waals surface area contributed by atoms with Crippen LogP contribution in [-0.4, -0.2) is 8.75 Å². The molecule has 7 rings (SSSR count). The molecule has 1 unspecified atom stereocenters. The summed E-state index contributed by atoms with van der Waals surface area (Å²) in [4.78, 5) is 2.03. The fourth-order valence-corrected chi connectivity index (χ4v) is 10.9. The van der Waals surface area contributed by atoms with E-state index < -0.39 is 0 Å². The number of unbranched alkanes of at least 4 members (excludes halogenated alkanes) is 3. The monoisotopic (exact) mass is 756 g/mol. The van der Waals surface area contributed by atoms with E-state index in [4.69, 9.17) is 8.75 Å². The number of hydrogen-bond acceptors (Lipinski definition) is 4. The van der Waals surface area contributed by atoms with E-state index in [1.165, 1.54) is 90.1 Å². The van der Waals surface area contributed by atoms with E-state index in [0.29, 0.717) is 5.56 Å². The number of aryl methyl sites for hydroxylation is 2. The average Bonchev–Trinajstić information content (AvgIpc) is 3.93. The zero-order valence-electron chi connectivity index (χ0n) is 33.1. The highest BCUT2D eigenvalue weighted by Gasteiger charge is 2.42. The van der Waals surface area contributed by atoms with E-state index in [2.05, 4.69) is 101 Å². The predicted molar refractivity (Wildman–Crippen MR) is 232 cm³/mol. The van der Waals surface area contributed by atoms with Crippen LogP contribution in [0.3, 0.4) is 0 Å². The molecule has 4 aromatic carbocycles. The highest BCUT2D eigenvalue weighted by molar-refractivity contribution is 7.19. The Bertz CT molecular complexity index is 2190. The Labute approximate surface area is 331 Å². The summed E-state index contributed by atoms with van der Waals surface area (Å²) < 4.78 is 25.3. The minimum atomic E-state index is -0.132. The third-order valence-corrected chi connectivity index (χ3v) is 13.8. The summed E-state index contributed by atoms with van der Waals surface area (Å²) in [5.41, 5.74) is 14.3. The van der Waals surface area contributed by atoms with Crippen LogP contribution in [0.25, 0.3) is 54.2 Å². The second-order valence-corrected chi connectivity index (χ2v) is 17.3. The first-order valence-corrected chi connectivity index (χ1v) is 22.4. The summed E-state index contributed by atoms with van der Waals surface area (Å²) in [5, 5.41) is 0. The van der Waals surface area contributed by atoms with Crippen molar-refractivity contribution >= 4 is 34.1 Å². The predicted octanol–water partition coefficient (Wildman–Crippen LogP) is 15.6. The Kier molecular flexibility index (Phi) is 12.5. The highest BCUT2D eigenvalue weighted by Crippen LogP contribution is 2.55. The molecule has 6 aromatic rings. The number of fused-ring (bicyclic) bond motifs is 4. The van der Waals surface area contributed by atoms with Crippen LogP contribution in [-0.2, 0) is 18.3 Å². The van der Waals surface area contributed by atoms with Crippen molar-refractivity contribution in [3.05, 3.63) is 107 Å². The van der Waals surface area contributed by atoms with E-state index in [9.17, 15) is 0 Å². The first kappa shape index (κ1) is 38.6. The number of aromatic nitrogens is 2. The first-order chi connectivity index (χ1) is 26.4. The van der Waals surface area contributed by atoms with Gasteiger partial charge in [-0.05, 0) is 108 Å². The molecule has 0 amide bonds. The Balaban J connectivity index is 1.19. The van der Waals surface area contributed by atoms with Crippen LogP contribution < -0.4 is 0 Å². The lowest BCUT2D eigenvalue weighted by atomic mass is 9.71. The zero-order valence-corrected chi connectivity index (χ0v) is 34.7. The fourth-order valence-electron chi connectivity index (χ4n) is 9.23. The second-order valence-electron chi connectivity index (χ2n) is 15.7. The molecule has 0 bridgehead atoms. The maximum Gasteiger partial charge on any atom is 0.132 e. The van der Waals surface area contributed by atoms with E-state index in [1.54, 1.807) is 17.4 Å². The Morgan fingerprint density at radius 3 is 1.96 bits per heavy atom. The van der Waals surface area contributed by atoms with Crippen molar-refractivity contribution in [3.63, 3.8) is 0 Å². The molecule has 0 fully saturated rings. The van der Waals surface area contributed by atoms with Crippen molar-refractivity contribution in [2.75, 3.05) is 0 Å². The van der Waals surface area contributed by atoms with E-state index in [-0.39, 0.29) is 11.2 Å². The lowest BCUT2D eigenvalue weighted by Crippen LogP contribution is -2.25. The smallest absolute Gasteiger partial charge is 0.132 e. The molecule has 0 N–H and O–H groups in total. The molecule has 0 saturated heterocycles. The molecule has 0 aliphatic heterocycles. The molecular formula is C49H57FN2S2. The fraction of sp³-hybridized carbons (Fsp3) is 0.429. The van der Waals surface area contributed by atoms with Gasteiger partial charge in [0.15, 0.2) is 0 Å². The normalized spacial score (nSPS) is 13.7. The van der Waals surface area contributed by atoms with Crippen LogP contribution in [0.1, 0.15) is 134 Å². The van der Waals surface area contributed by atoms with Crippen LogP contribution in [0.4, 0.5) is 4.39 Å². The van der Waals surface area contributed by atoms with Crippen LogP contribution >= 0.6 is 23.1 Å². The molecular weight excluding hydrogens is 700 g/mol. The maximum absolute atomic E-state index is 15.6. The van der Waals surface area contributed by atoms with Gasteiger partial charge in [0, 0.05) is 31.9 Å². The van der Waals surface area contributed by atoms with Crippen molar-refractivity contribution in [3.8, 4) is 43.1 Å². The van der Waals surface area contributed by atoms with E-state index in [1.807, 2.05) is 6.07 Å². The van der Waals surface area contributed by atoms with Gasteiger partial charge in [0.05, 0.1) is 11.7 Å². The van der Waals surface area contributed by atoms with Crippen molar-refractivity contribution in [2.45, 2.75) is 130 Å². The van der Waals surface area contributed by atoms with Crippen LogP contribution in [0.15, 0.2) is 78.9 Å². The van der Waals surface area contributed by atoms with Crippen molar-refractivity contribution in [2.24, 2.45) is 5.92 Å². The van der Waals surface area contributed by atoms with E-state index >= 15 is 4.39 Å². The van der Waals surface area contributed by atoms with Gasteiger partial charge in [0.25, 0.3) is 0 Å². The molecule has 2 nitrogen and oxygen atoms in total. The quantitative estimate of drug-likeness (QED) is 0.0816. The van der Waals surface area contributed by atoms with Gasteiger partial charge in [0.1, 0.15) is 16.9 Å². The number of rotatable bonds is 18. The third kappa shape index (κ3) is 7.60. The summed E-state index contributed by atoms with van der Waals surface area (Å²) in [6, 6.07) is 29.0. The lowest BCUT2D eigenvalue weighted by Gasteiger charge is -2.32. The molecule has 1 aliphatic carbocycles. The van der Waals surface area contributed by atoms with Crippen molar-refractivity contribution in [1.82, 2.24) is 8.75 Å². The van der Waals surface area contributed by atoms with Crippen molar-refractivity contribution < 1.29 is 4.39 Å². The number of hydrogen-bond donors (Lipinski definition) is 0. The average molecular weight is 757 g/mol. The van der Waals surface area contributed by atoms with Gasteiger partial charge < -0.3 is 0 Å². The zero-order chi connectivity index (χ0) is 37.7. The number of nitrogens with zero attached hydrogens (tertiary/aromatic N) is 2. The van der Waals surface area contributed by atoms with Gasteiger partial charge in [-0.1, -0.05) is 141 Å². The van der Waals surface area contributed by atoms with Gasteiger partial charge >= 0.3 is 0 Å². The molecule has 0 radical (unpaired) electrons. The molecule has 0 spiro atoms. The summed E-state index contributed by atoms with van der Waals surface area (Å²) in [6.45, 7) is 11.5. The van der Waals surface area contributed by atoms with Gasteiger partial charge in [-0.25, -0.2) is 4.39 Å². The molecule has 1 atom stereocenters. The Hall–Kier alpha value is -3.67. The number of thiophene rings is 1. The topological polar surface area (TPSA) is 25.8 Å². The standard InChI is InChI=1S/C49H57FN2S2/c1-6-11-13-15-34-19-25-42-41(30-34)38-22-20-36(32-43(38)49(42,28-8-3)29-9-4)37-23-24-40(48-47(37)51-54-52-48)46-27-26-45(53-46)39-21-18-35(31-44(39)50)17-16-33(10-5)14-12-7-2/h18-27,30-33H,6-17,28-29H2,1-5H3. The minimum Gasteiger partial charge on any atom is -0.206 e. The molecule has 0 saturated carbocycles. The van der Waals surface area contributed by atoms with Gasteiger partial charge in [0.2, 0.25) is 0 Å². The molecule has 2 heterocycles. The maximum atomic E-state index is 15.6. The van der Waals surface area contributed by atoms with Gasteiger partial charge in [-0.2, -0.15) is 8.75 Å². The third-order valence-electron chi connectivity index (χ3n) is 12.1. The first-order valence-electron chi connectivity index (χ1n) is 20.9. The van der Waals surface area contributed by atoms with Gasteiger partial charge in [-0.15, -0.1) is 11.3 Å². The summed E-state index contributed by atoms with van der Waals surface area (Å²) in [5.74, 6) is 0.590. The molecule has 2 aromatic heterocycles. The van der Waals surface area contributed by atoms with Crippen molar-refractivity contribution in [1.29, 1.82) is 0 Å². The number of halogens is 1. The number of benzene rings is 4. The molecule has 282 valence electrons. The van der Waals surface area contributed by atoms with Gasteiger partial charge in [-0.3, -0.25) is 0 Å². The van der Waals surface area contributed by atoms with Crippen LogP contribution in [0.5, 0.6) is 0 Å². The molecule has 1 aliphatic rings. The van der Waals surface area contributed by atoms with E-state index in [0.717, 1.165) is 88.3 Å².